The minimum Gasteiger partial charge on any atom is -0.298 e. The van der Waals surface area contributed by atoms with Crippen molar-refractivity contribution in [2.24, 2.45) is 5.92 Å². The molecule has 0 aromatic heterocycles. The number of Topliss-reactive ketones (excluding diaryl/α,β-unsaturated/α-hetero) is 1. The Balaban J connectivity index is 1.68. The van der Waals surface area contributed by atoms with Crippen LogP contribution in [0, 0.1) is 5.92 Å². The highest BCUT2D eigenvalue weighted by atomic mass is 35.5. The topological polar surface area (TPSA) is 20.3 Å². The second-order valence-corrected chi connectivity index (χ2v) is 6.87. The van der Waals surface area contributed by atoms with Crippen LogP contribution in [0.15, 0.2) is 48.5 Å². The molecule has 1 unspecified atom stereocenters. The number of rotatable bonds is 4. The number of halogens is 2. The summed E-state index contributed by atoms with van der Waals surface area (Å²) in [5.41, 5.74) is 1.95. The molecule has 2 aromatic carbocycles. The van der Waals surface area contributed by atoms with Gasteiger partial charge in [-0.1, -0.05) is 53.5 Å². The number of carbonyl (C=O) groups excluding carboxylic acids is 1. The van der Waals surface area contributed by atoms with Gasteiger partial charge in [-0.15, -0.1) is 0 Å². The summed E-state index contributed by atoms with van der Waals surface area (Å²) in [5, 5.41) is 0.923. The van der Waals surface area contributed by atoms with E-state index in [9.17, 15) is 4.79 Å². The number of piperidine rings is 1. The van der Waals surface area contributed by atoms with Crippen molar-refractivity contribution in [1.29, 1.82) is 0 Å². The Bertz CT molecular complexity index is 687. The van der Waals surface area contributed by atoms with E-state index in [0.717, 1.165) is 32.5 Å². The number of nitrogens with zero attached hydrogens (tertiary/aromatic N) is 1. The van der Waals surface area contributed by atoms with E-state index >= 15 is 0 Å². The minimum atomic E-state index is 0.0321. The minimum absolute atomic E-state index is 0.0321. The van der Waals surface area contributed by atoms with Crippen molar-refractivity contribution in [2.75, 3.05) is 13.1 Å². The Morgan fingerprint density at radius 3 is 2.61 bits per heavy atom. The zero-order chi connectivity index (χ0) is 16.2. The van der Waals surface area contributed by atoms with E-state index in [4.69, 9.17) is 23.2 Å². The summed E-state index contributed by atoms with van der Waals surface area (Å²) in [6, 6.07) is 15.5. The van der Waals surface area contributed by atoms with Gasteiger partial charge in [-0.25, -0.2) is 0 Å². The van der Waals surface area contributed by atoms with Crippen LogP contribution in [0.2, 0.25) is 10.0 Å². The van der Waals surface area contributed by atoms with Crippen LogP contribution < -0.4 is 0 Å². The lowest BCUT2D eigenvalue weighted by Gasteiger charge is -2.32. The SMILES string of the molecule is O=C(c1ccc(Cl)c(Cl)c1)C1CCCN(Cc2ccccc2)C1. The third-order valence-electron chi connectivity index (χ3n) is 4.33. The zero-order valence-electron chi connectivity index (χ0n) is 12.8. The predicted molar refractivity (Wildman–Crippen MR) is 95.2 cm³/mol. The molecule has 23 heavy (non-hydrogen) atoms. The van der Waals surface area contributed by atoms with Crippen LogP contribution in [0.3, 0.4) is 0 Å². The van der Waals surface area contributed by atoms with E-state index in [2.05, 4.69) is 29.2 Å². The second kappa shape index (κ2) is 7.48. The lowest BCUT2D eigenvalue weighted by Crippen LogP contribution is -2.38. The molecule has 1 heterocycles. The Morgan fingerprint density at radius 1 is 1.09 bits per heavy atom. The maximum atomic E-state index is 12.7. The van der Waals surface area contributed by atoms with Gasteiger partial charge in [0.1, 0.15) is 0 Å². The van der Waals surface area contributed by atoms with E-state index in [-0.39, 0.29) is 11.7 Å². The van der Waals surface area contributed by atoms with Gasteiger partial charge >= 0.3 is 0 Å². The third-order valence-corrected chi connectivity index (χ3v) is 5.07. The van der Waals surface area contributed by atoms with Gasteiger partial charge in [-0.05, 0) is 43.1 Å². The maximum Gasteiger partial charge on any atom is 0.167 e. The lowest BCUT2D eigenvalue weighted by atomic mass is 9.90. The molecule has 0 spiro atoms. The average Bonchev–Trinajstić information content (AvgIpc) is 2.58. The molecule has 120 valence electrons. The number of carbonyl (C=O) groups is 1. The quantitative estimate of drug-likeness (QED) is 0.718. The summed E-state index contributed by atoms with van der Waals surface area (Å²) in [7, 11) is 0. The predicted octanol–water partition coefficient (Wildman–Crippen LogP) is 5.09. The van der Waals surface area contributed by atoms with E-state index in [0.29, 0.717) is 15.6 Å². The van der Waals surface area contributed by atoms with E-state index in [1.54, 1.807) is 18.2 Å². The van der Waals surface area contributed by atoms with Gasteiger partial charge in [0.25, 0.3) is 0 Å². The molecule has 1 atom stereocenters. The number of ketones is 1. The van der Waals surface area contributed by atoms with Crippen LogP contribution in [-0.4, -0.2) is 23.8 Å². The molecule has 0 aliphatic carbocycles. The Morgan fingerprint density at radius 2 is 1.87 bits per heavy atom. The normalized spacial score (nSPS) is 18.8. The molecule has 2 nitrogen and oxygen atoms in total. The molecule has 0 radical (unpaired) electrons. The summed E-state index contributed by atoms with van der Waals surface area (Å²) in [6.45, 7) is 2.74. The summed E-state index contributed by atoms with van der Waals surface area (Å²) in [6.07, 6.45) is 1.98. The van der Waals surface area contributed by atoms with Crippen LogP contribution in [0.5, 0.6) is 0 Å². The zero-order valence-corrected chi connectivity index (χ0v) is 14.4. The molecule has 0 N–H and O–H groups in total. The molecular weight excluding hydrogens is 329 g/mol. The van der Waals surface area contributed by atoms with Gasteiger partial charge < -0.3 is 0 Å². The van der Waals surface area contributed by atoms with E-state index in [1.165, 1.54) is 5.56 Å². The number of hydrogen-bond acceptors (Lipinski definition) is 2. The number of hydrogen-bond donors (Lipinski definition) is 0. The fraction of sp³-hybridized carbons (Fsp3) is 0.316. The highest BCUT2D eigenvalue weighted by Crippen LogP contribution is 2.27. The molecule has 0 saturated carbocycles. The van der Waals surface area contributed by atoms with Crippen LogP contribution >= 0.6 is 23.2 Å². The first-order valence-corrected chi connectivity index (χ1v) is 8.64. The largest absolute Gasteiger partial charge is 0.298 e. The second-order valence-electron chi connectivity index (χ2n) is 6.05. The molecule has 1 aliphatic rings. The molecule has 1 saturated heterocycles. The Kier molecular flexibility index (Phi) is 5.37. The fourth-order valence-electron chi connectivity index (χ4n) is 3.14. The van der Waals surface area contributed by atoms with Crippen molar-refractivity contribution in [2.45, 2.75) is 19.4 Å². The first kappa shape index (κ1) is 16.5. The van der Waals surface area contributed by atoms with E-state index < -0.39 is 0 Å². The van der Waals surface area contributed by atoms with Crippen molar-refractivity contribution in [3.63, 3.8) is 0 Å². The van der Waals surface area contributed by atoms with Crippen molar-refractivity contribution < 1.29 is 4.79 Å². The highest BCUT2D eigenvalue weighted by molar-refractivity contribution is 6.42. The third kappa shape index (κ3) is 4.14. The molecule has 1 aliphatic heterocycles. The van der Waals surface area contributed by atoms with Gasteiger partial charge in [-0.2, -0.15) is 0 Å². The Hall–Kier alpha value is -1.35. The van der Waals surface area contributed by atoms with E-state index in [1.807, 2.05) is 6.07 Å². The van der Waals surface area contributed by atoms with Gasteiger partial charge in [0, 0.05) is 24.6 Å². The van der Waals surface area contributed by atoms with Crippen molar-refractivity contribution >= 4 is 29.0 Å². The fourth-order valence-corrected chi connectivity index (χ4v) is 3.44. The van der Waals surface area contributed by atoms with Crippen molar-refractivity contribution in [3.8, 4) is 0 Å². The molecule has 4 heteroatoms. The first-order chi connectivity index (χ1) is 11.1. The molecule has 0 amide bonds. The highest BCUT2D eigenvalue weighted by Gasteiger charge is 2.26. The standard InChI is InChI=1S/C19H19Cl2NO/c20-17-9-8-15(11-18(17)21)19(23)16-7-4-10-22(13-16)12-14-5-2-1-3-6-14/h1-3,5-6,8-9,11,16H,4,7,10,12-13H2. The lowest BCUT2D eigenvalue weighted by molar-refractivity contribution is 0.0811. The average molecular weight is 348 g/mol. The van der Waals surface area contributed by atoms with Crippen LogP contribution in [0.1, 0.15) is 28.8 Å². The first-order valence-electron chi connectivity index (χ1n) is 7.89. The molecule has 0 bridgehead atoms. The number of benzene rings is 2. The summed E-state index contributed by atoms with van der Waals surface area (Å²) < 4.78 is 0. The van der Waals surface area contributed by atoms with Gasteiger partial charge in [0.15, 0.2) is 5.78 Å². The number of likely N-dealkylation sites (tertiary alicyclic amines) is 1. The summed E-state index contributed by atoms with van der Waals surface area (Å²) in [4.78, 5) is 15.1. The molecular formula is C19H19Cl2NO. The van der Waals surface area contributed by atoms with Gasteiger partial charge in [0.05, 0.1) is 10.0 Å². The monoisotopic (exact) mass is 347 g/mol. The molecule has 1 fully saturated rings. The molecule has 2 aromatic rings. The molecule has 3 rings (SSSR count). The van der Waals surface area contributed by atoms with Gasteiger partial charge in [0.2, 0.25) is 0 Å². The smallest absolute Gasteiger partial charge is 0.167 e. The van der Waals surface area contributed by atoms with Crippen LogP contribution in [0.4, 0.5) is 0 Å². The Labute approximate surface area is 147 Å². The van der Waals surface area contributed by atoms with Crippen LogP contribution in [-0.2, 0) is 6.54 Å². The maximum absolute atomic E-state index is 12.7. The summed E-state index contributed by atoms with van der Waals surface area (Å²) >= 11 is 12.0. The van der Waals surface area contributed by atoms with Crippen molar-refractivity contribution in [3.05, 3.63) is 69.7 Å². The van der Waals surface area contributed by atoms with Crippen LogP contribution in [0.25, 0.3) is 0 Å². The van der Waals surface area contributed by atoms with Crippen molar-refractivity contribution in [1.82, 2.24) is 4.90 Å². The van der Waals surface area contributed by atoms with Gasteiger partial charge in [-0.3, -0.25) is 9.69 Å². The summed E-state index contributed by atoms with van der Waals surface area (Å²) in [5.74, 6) is 0.200.